The first-order chi connectivity index (χ1) is 6.86. The second kappa shape index (κ2) is 5.41. The predicted octanol–water partition coefficient (Wildman–Crippen LogP) is 3.16. The minimum atomic E-state index is -4.36. The molecular weight excluding hydrogens is 243 g/mol. The van der Waals surface area contributed by atoms with Crippen LogP contribution in [0.15, 0.2) is 18.2 Å². The van der Waals surface area contributed by atoms with Crippen molar-refractivity contribution in [3.8, 4) is 5.75 Å². The summed E-state index contributed by atoms with van der Waals surface area (Å²) in [6, 6.07) is 2.94. The summed E-state index contributed by atoms with van der Waals surface area (Å²) in [5.74, 6) is 0.167. The van der Waals surface area contributed by atoms with E-state index in [0.717, 1.165) is 12.1 Å². The van der Waals surface area contributed by atoms with Gasteiger partial charge in [-0.05, 0) is 19.1 Å². The normalized spacial score (nSPS) is 12.9. The maximum atomic E-state index is 12.4. The number of ether oxygens (including phenoxy) is 1. The third-order valence-corrected chi connectivity index (χ3v) is 2.05. The number of alkyl halides is 3. The fourth-order valence-electron chi connectivity index (χ4n) is 1.26. The Balaban J connectivity index is 0.00000225. The zero-order valence-electron chi connectivity index (χ0n) is 8.84. The van der Waals surface area contributed by atoms with Crippen molar-refractivity contribution in [2.45, 2.75) is 19.1 Å². The third-order valence-electron chi connectivity index (χ3n) is 2.05. The van der Waals surface area contributed by atoms with E-state index in [1.807, 2.05) is 0 Å². The van der Waals surface area contributed by atoms with Gasteiger partial charge in [0.15, 0.2) is 0 Å². The Morgan fingerprint density at radius 3 is 2.25 bits per heavy atom. The summed E-state index contributed by atoms with van der Waals surface area (Å²) in [5, 5.41) is 0. The van der Waals surface area contributed by atoms with Crippen LogP contribution >= 0.6 is 12.4 Å². The van der Waals surface area contributed by atoms with E-state index in [9.17, 15) is 13.2 Å². The summed E-state index contributed by atoms with van der Waals surface area (Å²) in [7, 11) is 1.32. The number of rotatable bonds is 2. The van der Waals surface area contributed by atoms with E-state index in [1.165, 1.54) is 13.2 Å². The molecule has 2 nitrogen and oxygen atoms in total. The van der Waals surface area contributed by atoms with Crippen molar-refractivity contribution in [3.63, 3.8) is 0 Å². The Morgan fingerprint density at radius 2 is 1.88 bits per heavy atom. The van der Waals surface area contributed by atoms with E-state index in [0.29, 0.717) is 5.56 Å². The molecule has 0 saturated carbocycles. The number of halogens is 4. The van der Waals surface area contributed by atoms with Gasteiger partial charge in [0.2, 0.25) is 0 Å². The lowest BCUT2D eigenvalue weighted by Crippen LogP contribution is -2.10. The number of benzene rings is 1. The smallest absolute Gasteiger partial charge is 0.416 e. The fourth-order valence-corrected chi connectivity index (χ4v) is 1.26. The molecule has 0 aliphatic carbocycles. The summed E-state index contributed by atoms with van der Waals surface area (Å²) < 4.78 is 41.9. The van der Waals surface area contributed by atoms with Crippen LogP contribution in [0.3, 0.4) is 0 Å². The highest BCUT2D eigenvalue weighted by Crippen LogP contribution is 2.34. The van der Waals surface area contributed by atoms with Crippen molar-refractivity contribution in [2.24, 2.45) is 5.73 Å². The van der Waals surface area contributed by atoms with Crippen LogP contribution in [-0.4, -0.2) is 7.11 Å². The summed E-state index contributed by atoms with van der Waals surface area (Å²) in [4.78, 5) is 0. The van der Waals surface area contributed by atoms with Gasteiger partial charge in [0.25, 0.3) is 0 Å². The van der Waals surface area contributed by atoms with E-state index in [1.54, 1.807) is 6.92 Å². The third kappa shape index (κ3) is 3.28. The van der Waals surface area contributed by atoms with Gasteiger partial charge in [-0.3, -0.25) is 0 Å². The van der Waals surface area contributed by atoms with Crippen LogP contribution < -0.4 is 10.5 Å². The molecule has 0 amide bonds. The molecule has 0 bridgehead atoms. The monoisotopic (exact) mass is 255 g/mol. The molecule has 0 fully saturated rings. The van der Waals surface area contributed by atoms with Gasteiger partial charge in [0, 0.05) is 11.6 Å². The summed E-state index contributed by atoms with van der Waals surface area (Å²) in [5.41, 5.74) is 5.42. The topological polar surface area (TPSA) is 35.2 Å². The van der Waals surface area contributed by atoms with Gasteiger partial charge >= 0.3 is 6.18 Å². The van der Waals surface area contributed by atoms with Gasteiger partial charge in [0.05, 0.1) is 12.7 Å². The molecule has 6 heteroatoms. The maximum Gasteiger partial charge on any atom is 0.416 e. The lowest BCUT2D eigenvalue weighted by atomic mass is 10.0. The summed E-state index contributed by atoms with van der Waals surface area (Å²) in [6.07, 6.45) is -4.36. The van der Waals surface area contributed by atoms with Crippen molar-refractivity contribution in [3.05, 3.63) is 29.3 Å². The van der Waals surface area contributed by atoms with Crippen LogP contribution in [0.1, 0.15) is 24.1 Å². The van der Waals surface area contributed by atoms with Gasteiger partial charge in [-0.1, -0.05) is 6.07 Å². The second-order valence-electron chi connectivity index (χ2n) is 3.24. The van der Waals surface area contributed by atoms with Crippen LogP contribution in [0.25, 0.3) is 0 Å². The van der Waals surface area contributed by atoms with Gasteiger partial charge in [-0.15, -0.1) is 12.4 Å². The fraction of sp³-hybridized carbons (Fsp3) is 0.400. The van der Waals surface area contributed by atoms with Crippen LogP contribution in [0, 0.1) is 0 Å². The Morgan fingerprint density at radius 1 is 1.31 bits per heavy atom. The van der Waals surface area contributed by atoms with E-state index in [2.05, 4.69) is 0 Å². The molecule has 1 rings (SSSR count). The average Bonchev–Trinajstić information content (AvgIpc) is 2.15. The van der Waals surface area contributed by atoms with E-state index < -0.39 is 11.7 Å². The molecule has 2 N–H and O–H groups in total. The Labute approximate surface area is 98.0 Å². The zero-order valence-corrected chi connectivity index (χ0v) is 9.65. The number of hydrogen-bond acceptors (Lipinski definition) is 2. The molecular formula is C10H13ClF3NO. The zero-order chi connectivity index (χ0) is 11.6. The number of nitrogens with two attached hydrogens (primary N) is 1. The van der Waals surface area contributed by atoms with Crippen LogP contribution in [0.2, 0.25) is 0 Å². The van der Waals surface area contributed by atoms with Crippen molar-refractivity contribution in [2.75, 3.05) is 7.11 Å². The Hall–Kier alpha value is -0.940. The minimum Gasteiger partial charge on any atom is -0.496 e. The lowest BCUT2D eigenvalue weighted by molar-refractivity contribution is -0.137. The van der Waals surface area contributed by atoms with Crippen LogP contribution in [0.5, 0.6) is 5.75 Å². The summed E-state index contributed by atoms with van der Waals surface area (Å²) >= 11 is 0. The van der Waals surface area contributed by atoms with E-state index in [-0.39, 0.29) is 24.2 Å². The first kappa shape index (κ1) is 15.1. The molecule has 16 heavy (non-hydrogen) atoms. The second-order valence-corrected chi connectivity index (χ2v) is 3.24. The quantitative estimate of drug-likeness (QED) is 0.881. The van der Waals surface area contributed by atoms with Crippen molar-refractivity contribution >= 4 is 12.4 Å². The number of methoxy groups -OCH3 is 1. The molecule has 92 valence electrons. The molecule has 1 atom stereocenters. The predicted molar refractivity (Wildman–Crippen MR) is 57.8 cm³/mol. The van der Waals surface area contributed by atoms with Gasteiger partial charge in [-0.25, -0.2) is 0 Å². The molecule has 0 radical (unpaired) electrons. The first-order valence-electron chi connectivity index (χ1n) is 4.37. The number of hydrogen-bond donors (Lipinski definition) is 1. The van der Waals surface area contributed by atoms with Crippen molar-refractivity contribution in [1.29, 1.82) is 0 Å². The molecule has 1 aromatic carbocycles. The van der Waals surface area contributed by atoms with Gasteiger partial charge in [-0.2, -0.15) is 13.2 Å². The Bertz CT molecular complexity index is 352. The molecule has 0 spiro atoms. The minimum absolute atomic E-state index is 0. The van der Waals surface area contributed by atoms with E-state index in [4.69, 9.17) is 10.5 Å². The SMILES string of the molecule is COc1cc(C(F)(F)F)ccc1[C@@H](C)N.Cl. The summed E-state index contributed by atoms with van der Waals surface area (Å²) in [6.45, 7) is 1.69. The van der Waals surface area contributed by atoms with Crippen LogP contribution in [0.4, 0.5) is 13.2 Å². The molecule has 0 heterocycles. The van der Waals surface area contributed by atoms with Gasteiger partial charge < -0.3 is 10.5 Å². The highest BCUT2D eigenvalue weighted by molar-refractivity contribution is 5.85. The van der Waals surface area contributed by atoms with E-state index >= 15 is 0 Å². The molecule has 0 aromatic heterocycles. The maximum absolute atomic E-state index is 12.4. The highest BCUT2D eigenvalue weighted by atomic mass is 35.5. The van der Waals surface area contributed by atoms with Crippen molar-refractivity contribution < 1.29 is 17.9 Å². The standard InChI is InChI=1S/C10H12F3NO.ClH/c1-6(14)8-4-3-7(10(11,12)13)5-9(8)15-2;/h3-6H,14H2,1-2H3;1H/t6-;/m1./s1. The van der Waals surface area contributed by atoms with Crippen LogP contribution in [-0.2, 0) is 6.18 Å². The highest BCUT2D eigenvalue weighted by Gasteiger charge is 2.31. The molecule has 0 saturated heterocycles. The first-order valence-corrected chi connectivity index (χ1v) is 4.37. The largest absolute Gasteiger partial charge is 0.496 e. The molecule has 1 aromatic rings. The van der Waals surface area contributed by atoms with Gasteiger partial charge in [0.1, 0.15) is 5.75 Å². The average molecular weight is 256 g/mol. The lowest BCUT2D eigenvalue weighted by Gasteiger charge is -2.14. The molecule has 0 aliphatic heterocycles. The Kier molecular flexibility index (Phi) is 5.09. The van der Waals surface area contributed by atoms with Crippen molar-refractivity contribution in [1.82, 2.24) is 0 Å². The molecule has 0 unspecified atom stereocenters. The molecule has 0 aliphatic rings.